The molecule has 5 nitrogen and oxygen atoms in total. The third kappa shape index (κ3) is 2.68. The minimum atomic E-state index is -0.0456. The molecular formula is C11H18N4O. The van der Waals surface area contributed by atoms with Gasteiger partial charge in [0.1, 0.15) is 0 Å². The molecule has 88 valence electrons. The molecule has 0 bridgehead atoms. The zero-order valence-electron chi connectivity index (χ0n) is 9.63. The standard InChI is InChI=1S/C11H18N4O/c1-14-5-2-6-15(8-7-14)11-4-3-10(9-16)12-13-11/h3-4,16H,2,5-9H2,1H3. The summed E-state index contributed by atoms with van der Waals surface area (Å²) in [5, 5.41) is 17.0. The van der Waals surface area contributed by atoms with E-state index >= 15 is 0 Å². The van der Waals surface area contributed by atoms with Gasteiger partial charge in [-0.05, 0) is 32.1 Å². The highest BCUT2D eigenvalue weighted by molar-refractivity contribution is 5.37. The molecule has 5 heteroatoms. The topological polar surface area (TPSA) is 52.5 Å². The van der Waals surface area contributed by atoms with Crippen LogP contribution in [0.5, 0.6) is 0 Å². The first-order chi connectivity index (χ1) is 7.79. The van der Waals surface area contributed by atoms with E-state index in [2.05, 4.69) is 27.0 Å². The van der Waals surface area contributed by atoms with Crippen molar-refractivity contribution < 1.29 is 5.11 Å². The molecule has 0 aliphatic carbocycles. The molecule has 1 N–H and O–H groups in total. The second-order valence-electron chi connectivity index (χ2n) is 4.18. The lowest BCUT2D eigenvalue weighted by Gasteiger charge is -2.20. The first-order valence-electron chi connectivity index (χ1n) is 5.66. The first-order valence-corrected chi connectivity index (χ1v) is 5.66. The van der Waals surface area contributed by atoms with Crippen molar-refractivity contribution in [1.82, 2.24) is 15.1 Å². The van der Waals surface area contributed by atoms with Crippen LogP contribution in [0.4, 0.5) is 5.82 Å². The van der Waals surface area contributed by atoms with E-state index in [1.807, 2.05) is 12.1 Å². The maximum Gasteiger partial charge on any atom is 0.151 e. The molecule has 0 spiro atoms. The molecule has 0 amide bonds. The van der Waals surface area contributed by atoms with Crippen LogP contribution < -0.4 is 4.90 Å². The average Bonchev–Trinajstić information content (AvgIpc) is 2.54. The molecule has 1 saturated heterocycles. The highest BCUT2D eigenvalue weighted by Crippen LogP contribution is 2.12. The van der Waals surface area contributed by atoms with Crippen molar-refractivity contribution in [2.24, 2.45) is 0 Å². The summed E-state index contributed by atoms with van der Waals surface area (Å²) in [6.07, 6.45) is 1.15. The minimum Gasteiger partial charge on any atom is -0.390 e. The lowest BCUT2D eigenvalue weighted by atomic mass is 10.3. The normalized spacial score (nSPS) is 18.5. The number of likely N-dealkylation sites (N-methyl/N-ethyl adjacent to an activating group) is 1. The summed E-state index contributed by atoms with van der Waals surface area (Å²) in [7, 11) is 2.14. The summed E-state index contributed by atoms with van der Waals surface area (Å²) in [6, 6.07) is 3.76. The van der Waals surface area contributed by atoms with Gasteiger partial charge in [0.25, 0.3) is 0 Å². The summed E-state index contributed by atoms with van der Waals surface area (Å²) in [5.41, 5.74) is 0.621. The average molecular weight is 222 g/mol. The van der Waals surface area contributed by atoms with Crippen LogP contribution in [0.15, 0.2) is 12.1 Å². The van der Waals surface area contributed by atoms with Gasteiger partial charge in [-0.15, -0.1) is 5.10 Å². The Labute approximate surface area is 95.7 Å². The Morgan fingerprint density at radius 1 is 1.19 bits per heavy atom. The van der Waals surface area contributed by atoms with Gasteiger partial charge in [-0.1, -0.05) is 0 Å². The van der Waals surface area contributed by atoms with Crippen molar-refractivity contribution in [2.75, 3.05) is 38.1 Å². The van der Waals surface area contributed by atoms with Gasteiger partial charge in [0.05, 0.1) is 12.3 Å². The van der Waals surface area contributed by atoms with Crippen LogP contribution in [0.25, 0.3) is 0 Å². The molecule has 1 aromatic rings. The molecule has 0 unspecified atom stereocenters. The highest BCUT2D eigenvalue weighted by Gasteiger charge is 2.13. The van der Waals surface area contributed by atoms with Gasteiger partial charge in [-0.3, -0.25) is 0 Å². The van der Waals surface area contributed by atoms with E-state index in [1.165, 1.54) is 0 Å². The largest absolute Gasteiger partial charge is 0.390 e. The van der Waals surface area contributed by atoms with Crippen LogP contribution >= 0.6 is 0 Å². The van der Waals surface area contributed by atoms with Crippen molar-refractivity contribution in [3.05, 3.63) is 17.8 Å². The minimum absolute atomic E-state index is 0.0456. The number of anilines is 1. The lowest BCUT2D eigenvalue weighted by molar-refractivity contribution is 0.275. The Kier molecular flexibility index (Phi) is 3.69. The SMILES string of the molecule is CN1CCCN(c2ccc(CO)nn2)CC1. The predicted molar refractivity (Wildman–Crippen MR) is 62.3 cm³/mol. The summed E-state index contributed by atoms with van der Waals surface area (Å²) < 4.78 is 0. The lowest BCUT2D eigenvalue weighted by Crippen LogP contribution is -2.29. The Hall–Kier alpha value is -1.20. The maximum atomic E-state index is 8.90. The molecule has 0 radical (unpaired) electrons. The van der Waals surface area contributed by atoms with Gasteiger partial charge in [0, 0.05) is 19.6 Å². The van der Waals surface area contributed by atoms with E-state index in [9.17, 15) is 0 Å². The van der Waals surface area contributed by atoms with Gasteiger partial charge in [0.15, 0.2) is 5.82 Å². The highest BCUT2D eigenvalue weighted by atomic mass is 16.3. The molecule has 1 aliphatic heterocycles. The Morgan fingerprint density at radius 3 is 2.75 bits per heavy atom. The first kappa shape index (κ1) is 11.3. The maximum absolute atomic E-state index is 8.90. The Balaban J connectivity index is 2.04. The van der Waals surface area contributed by atoms with Crippen LogP contribution in [0.1, 0.15) is 12.1 Å². The van der Waals surface area contributed by atoms with Crippen molar-refractivity contribution in [1.29, 1.82) is 0 Å². The fraction of sp³-hybridized carbons (Fsp3) is 0.636. The molecular weight excluding hydrogens is 204 g/mol. The van der Waals surface area contributed by atoms with Gasteiger partial charge >= 0.3 is 0 Å². The molecule has 0 atom stereocenters. The van der Waals surface area contributed by atoms with Crippen LogP contribution in [0, 0.1) is 0 Å². The summed E-state index contributed by atoms with van der Waals surface area (Å²) in [5.74, 6) is 0.910. The second-order valence-corrected chi connectivity index (χ2v) is 4.18. The quantitative estimate of drug-likeness (QED) is 0.770. The van der Waals surface area contributed by atoms with Crippen molar-refractivity contribution in [3.63, 3.8) is 0 Å². The van der Waals surface area contributed by atoms with Crippen molar-refractivity contribution in [3.8, 4) is 0 Å². The summed E-state index contributed by atoms with van der Waals surface area (Å²) in [4.78, 5) is 4.58. The zero-order valence-corrected chi connectivity index (χ0v) is 9.63. The summed E-state index contributed by atoms with van der Waals surface area (Å²) in [6.45, 7) is 4.17. The second kappa shape index (κ2) is 5.23. The number of rotatable bonds is 2. The third-order valence-electron chi connectivity index (χ3n) is 2.91. The molecule has 0 aromatic carbocycles. The Morgan fingerprint density at radius 2 is 2.06 bits per heavy atom. The molecule has 2 rings (SSSR count). The zero-order chi connectivity index (χ0) is 11.4. The van der Waals surface area contributed by atoms with E-state index in [0.29, 0.717) is 5.69 Å². The summed E-state index contributed by atoms with van der Waals surface area (Å²) >= 11 is 0. The number of hydrogen-bond donors (Lipinski definition) is 1. The smallest absolute Gasteiger partial charge is 0.151 e. The van der Waals surface area contributed by atoms with Gasteiger partial charge in [-0.2, -0.15) is 5.10 Å². The number of hydrogen-bond acceptors (Lipinski definition) is 5. The molecule has 2 heterocycles. The monoisotopic (exact) mass is 222 g/mol. The Bertz CT molecular complexity index is 327. The molecule has 16 heavy (non-hydrogen) atoms. The van der Waals surface area contributed by atoms with Crippen molar-refractivity contribution in [2.45, 2.75) is 13.0 Å². The van der Waals surface area contributed by atoms with Crippen molar-refractivity contribution >= 4 is 5.82 Å². The molecule has 0 saturated carbocycles. The van der Waals surface area contributed by atoms with E-state index in [-0.39, 0.29) is 6.61 Å². The molecule has 1 aliphatic rings. The molecule has 1 aromatic heterocycles. The fourth-order valence-electron chi connectivity index (χ4n) is 1.88. The third-order valence-corrected chi connectivity index (χ3v) is 2.91. The van der Waals surface area contributed by atoms with Gasteiger partial charge < -0.3 is 14.9 Å². The number of aliphatic hydroxyl groups is 1. The van der Waals surface area contributed by atoms with Crippen LogP contribution in [-0.4, -0.2) is 53.4 Å². The van der Waals surface area contributed by atoms with Gasteiger partial charge in [0.2, 0.25) is 0 Å². The van der Waals surface area contributed by atoms with Gasteiger partial charge in [-0.25, -0.2) is 0 Å². The van der Waals surface area contributed by atoms with E-state index in [1.54, 1.807) is 0 Å². The number of aliphatic hydroxyl groups excluding tert-OH is 1. The molecule has 1 fully saturated rings. The van der Waals surface area contributed by atoms with Crippen LogP contribution in [0.2, 0.25) is 0 Å². The van der Waals surface area contributed by atoms with Crippen LogP contribution in [0.3, 0.4) is 0 Å². The van der Waals surface area contributed by atoms with E-state index in [4.69, 9.17) is 5.11 Å². The number of nitrogens with zero attached hydrogens (tertiary/aromatic N) is 4. The predicted octanol–water partition coefficient (Wildman–Crippen LogP) is 0.111. The van der Waals surface area contributed by atoms with Crippen LogP contribution in [-0.2, 0) is 6.61 Å². The van der Waals surface area contributed by atoms with E-state index < -0.39 is 0 Å². The van der Waals surface area contributed by atoms with E-state index in [0.717, 1.165) is 38.4 Å². The number of aromatic nitrogens is 2. The fourth-order valence-corrected chi connectivity index (χ4v) is 1.88.